The molecular weight excluding hydrogens is 368 g/mol. The minimum absolute atomic E-state index is 0.0511. The van der Waals surface area contributed by atoms with E-state index < -0.39 is 5.41 Å². The summed E-state index contributed by atoms with van der Waals surface area (Å²) in [5, 5.41) is 4.54. The number of hydrogen-bond donors (Lipinski definition) is 1. The molecule has 154 valence electrons. The van der Waals surface area contributed by atoms with Gasteiger partial charge in [0.05, 0.1) is 23.3 Å². The standard InChI is InChI=1S/C22H28N4O3/c1-14-13-17-18(24-25(3)19(17)15(2)29-14)20(27)26-11-9-22(10-12-26,21(23)28)16-7-5-4-6-8-16/h4-8,14-15H,9-13H2,1-3H3,(H2,23,28)/t14-,15+/m1/s1. The monoisotopic (exact) mass is 396 g/mol. The number of likely N-dealkylation sites (tertiary alicyclic amines) is 1. The van der Waals surface area contributed by atoms with E-state index >= 15 is 0 Å². The molecule has 1 saturated heterocycles. The fraction of sp³-hybridized carbons (Fsp3) is 0.500. The Bertz CT molecular complexity index is 929. The van der Waals surface area contributed by atoms with Crippen molar-refractivity contribution in [3.63, 3.8) is 0 Å². The van der Waals surface area contributed by atoms with Crippen LogP contribution in [0.3, 0.4) is 0 Å². The molecule has 2 aromatic rings. The first-order chi connectivity index (χ1) is 13.8. The van der Waals surface area contributed by atoms with Crippen LogP contribution in [-0.2, 0) is 28.4 Å². The lowest BCUT2D eigenvalue weighted by atomic mass is 9.72. The number of benzene rings is 1. The van der Waals surface area contributed by atoms with Crippen LogP contribution in [0.2, 0.25) is 0 Å². The average molecular weight is 396 g/mol. The maximum Gasteiger partial charge on any atom is 0.274 e. The van der Waals surface area contributed by atoms with Gasteiger partial charge in [-0.3, -0.25) is 14.3 Å². The van der Waals surface area contributed by atoms with Crippen molar-refractivity contribution in [1.29, 1.82) is 0 Å². The van der Waals surface area contributed by atoms with Crippen molar-refractivity contribution >= 4 is 11.8 Å². The van der Waals surface area contributed by atoms with Crippen LogP contribution in [0.15, 0.2) is 30.3 Å². The summed E-state index contributed by atoms with van der Waals surface area (Å²) in [5.41, 5.74) is 8.49. The van der Waals surface area contributed by atoms with E-state index in [1.54, 1.807) is 9.58 Å². The first-order valence-electron chi connectivity index (χ1n) is 10.2. The molecule has 0 saturated carbocycles. The van der Waals surface area contributed by atoms with Crippen LogP contribution in [0.25, 0.3) is 0 Å². The van der Waals surface area contributed by atoms with E-state index in [1.807, 2.05) is 51.2 Å². The fourth-order valence-corrected chi connectivity index (χ4v) is 4.89. The molecule has 1 aromatic carbocycles. The second-order valence-corrected chi connectivity index (χ2v) is 8.23. The van der Waals surface area contributed by atoms with Crippen molar-refractivity contribution in [3.05, 3.63) is 52.8 Å². The van der Waals surface area contributed by atoms with E-state index in [0.717, 1.165) is 16.8 Å². The highest BCUT2D eigenvalue weighted by Crippen LogP contribution is 2.37. The largest absolute Gasteiger partial charge is 0.369 e. The molecule has 2 aliphatic heterocycles. The van der Waals surface area contributed by atoms with E-state index in [2.05, 4.69) is 5.10 Å². The Morgan fingerprint density at radius 1 is 1.17 bits per heavy atom. The van der Waals surface area contributed by atoms with Gasteiger partial charge in [0, 0.05) is 32.1 Å². The summed E-state index contributed by atoms with van der Waals surface area (Å²) in [5.74, 6) is -0.403. The highest BCUT2D eigenvalue weighted by atomic mass is 16.5. The predicted octanol–water partition coefficient (Wildman–Crippen LogP) is 2.10. The number of hydrogen-bond acceptors (Lipinski definition) is 4. The van der Waals surface area contributed by atoms with Crippen LogP contribution in [0.1, 0.15) is 60.1 Å². The van der Waals surface area contributed by atoms with Crippen molar-refractivity contribution in [1.82, 2.24) is 14.7 Å². The van der Waals surface area contributed by atoms with Gasteiger partial charge in [0.15, 0.2) is 5.69 Å². The van der Waals surface area contributed by atoms with Crippen molar-refractivity contribution in [2.75, 3.05) is 13.1 Å². The lowest BCUT2D eigenvalue weighted by Gasteiger charge is -2.40. The molecule has 0 spiro atoms. The molecule has 2 aliphatic rings. The maximum atomic E-state index is 13.3. The van der Waals surface area contributed by atoms with Gasteiger partial charge < -0.3 is 15.4 Å². The Morgan fingerprint density at radius 2 is 1.83 bits per heavy atom. The van der Waals surface area contributed by atoms with Gasteiger partial charge in [0.25, 0.3) is 5.91 Å². The Labute approximate surface area is 170 Å². The molecule has 1 fully saturated rings. The molecule has 7 nitrogen and oxygen atoms in total. The predicted molar refractivity (Wildman–Crippen MR) is 108 cm³/mol. The summed E-state index contributed by atoms with van der Waals surface area (Å²) >= 11 is 0. The highest BCUT2D eigenvalue weighted by Gasteiger charge is 2.43. The zero-order chi connectivity index (χ0) is 20.8. The Kier molecular flexibility index (Phi) is 4.94. The van der Waals surface area contributed by atoms with Gasteiger partial charge in [-0.2, -0.15) is 5.10 Å². The SMILES string of the molecule is C[C@@H]1Cc2c(C(=O)N3CCC(C(N)=O)(c4ccccc4)CC3)nn(C)c2[C@H](C)O1. The topological polar surface area (TPSA) is 90.5 Å². The molecule has 7 heteroatoms. The van der Waals surface area contributed by atoms with Gasteiger partial charge >= 0.3 is 0 Å². The number of piperidine rings is 1. The number of nitrogens with zero attached hydrogens (tertiary/aromatic N) is 3. The van der Waals surface area contributed by atoms with Crippen LogP contribution < -0.4 is 5.73 Å². The van der Waals surface area contributed by atoms with Crippen molar-refractivity contribution in [2.24, 2.45) is 12.8 Å². The van der Waals surface area contributed by atoms with Crippen molar-refractivity contribution < 1.29 is 14.3 Å². The maximum absolute atomic E-state index is 13.3. The van der Waals surface area contributed by atoms with Crippen LogP contribution in [0.4, 0.5) is 0 Å². The number of aryl methyl sites for hydroxylation is 1. The van der Waals surface area contributed by atoms with Gasteiger partial charge in [0.1, 0.15) is 0 Å². The van der Waals surface area contributed by atoms with E-state index in [-0.39, 0.29) is 24.0 Å². The second kappa shape index (κ2) is 7.30. The van der Waals surface area contributed by atoms with Gasteiger partial charge in [0.2, 0.25) is 5.91 Å². The van der Waals surface area contributed by atoms with Crippen LogP contribution in [-0.4, -0.2) is 45.7 Å². The summed E-state index contributed by atoms with van der Waals surface area (Å²) in [6.45, 7) is 4.96. The van der Waals surface area contributed by atoms with Gasteiger partial charge in [-0.25, -0.2) is 0 Å². The molecule has 2 N–H and O–H groups in total. The first-order valence-corrected chi connectivity index (χ1v) is 10.2. The van der Waals surface area contributed by atoms with Gasteiger partial charge in [-0.05, 0) is 32.3 Å². The molecule has 2 amide bonds. The molecule has 0 unspecified atom stereocenters. The third-order valence-corrected chi connectivity index (χ3v) is 6.41. The van der Waals surface area contributed by atoms with Crippen LogP contribution in [0, 0.1) is 0 Å². The summed E-state index contributed by atoms with van der Waals surface area (Å²) in [4.78, 5) is 27.5. The lowest BCUT2D eigenvalue weighted by molar-refractivity contribution is -0.125. The van der Waals surface area contributed by atoms with E-state index in [4.69, 9.17) is 10.5 Å². The Hall–Kier alpha value is -2.67. The summed E-state index contributed by atoms with van der Waals surface area (Å²) < 4.78 is 7.66. The zero-order valence-electron chi connectivity index (χ0n) is 17.2. The number of aromatic nitrogens is 2. The van der Waals surface area contributed by atoms with E-state index in [1.165, 1.54) is 0 Å². The third-order valence-electron chi connectivity index (χ3n) is 6.41. The first kappa shape index (κ1) is 19.6. The molecule has 0 radical (unpaired) electrons. The minimum Gasteiger partial charge on any atom is -0.369 e. The number of nitrogens with two attached hydrogens (primary N) is 1. The summed E-state index contributed by atoms with van der Waals surface area (Å²) in [7, 11) is 1.86. The summed E-state index contributed by atoms with van der Waals surface area (Å²) in [6.07, 6.45) is 1.67. The summed E-state index contributed by atoms with van der Waals surface area (Å²) in [6, 6.07) is 9.65. The number of ether oxygens (including phenoxy) is 1. The Morgan fingerprint density at radius 3 is 2.45 bits per heavy atom. The van der Waals surface area contributed by atoms with Gasteiger partial charge in [-0.1, -0.05) is 30.3 Å². The number of primary amides is 1. The molecular formula is C22H28N4O3. The van der Waals surface area contributed by atoms with Crippen molar-refractivity contribution in [2.45, 2.75) is 50.7 Å². The smallest absolute Gasteiger partial charge is 0.274 e. The number of amides is 2. The number of carbonyl (C=O) groups is 2. The molecule has 1 aromatic heterocycles. The van der Waals surface area contributed by atoms with E-state index in [0.29, 0.717) is 38.0 Å². The zero-order valence-corrected chi connectivity index (χ0v) is 17.2. The molecule has 4 rings (SSSR count). The Balaban J connectivity index is 1.58. The molecule has 3 heterocycles. The van der Waals surface area contributed by atoms with Crippen molar-refractivity contribution in [3.8, 4) is 0 Å². The molecule has 0 bridgehead atoms. The minimum atomic E-state index is -0.724. The lowest BCUT2D eigenvalue weighted by Crippen LogP contribution is -2.51. The molecule has 0 aliphatic carbocycles. The molecule has 2 atom stereocenters. The number of rotatable bonds is 3. The van der Waals surface area contributed by atoms with Crippen LogP contribution in [0.5, 0.6) is 0 Å². The highest BCUT2D eigenvalue weighted by molar-refractivity contribution is 5.95. The van der Waals surface area contributed by atoms with Crippen LogP contribution >= 0.6 is 0 Å². The molecule has 29 heavy (non-hydrogen) atoms. The van der Waals surface area contributed by atoms with Gasteiger partial charge in [-0.15, -0.1) is 0 Å². The average Bonchev–Trinajstić information content (AvgIpc) is 3.04. The van der Waals surface area contributed by atoms with E-state index in [9.17, 15) is 9.59 Å². The number of carbonyl (C=O) groups excluding carboxylic acids is 2. The third kappa shape index (κ3) is 3.23. The second-order valence-electron chi connectivity index (χ2n) is 8.23. The number of fused-ring (bicyclic) bond motifs is 1. The normalized spacial score (nSPS) is 23.5. The fourth-order valence-electron chi connectivity index (χ4n) is 4.89. The quantitative estimate of drug-likeness (QED) is 0.860.